The molecule has 0 amide bonds. The van der Waals surface area contributed by atoms with Crippen LogP contribution in [0.1, 0.15) is 24.1 Å². The second-order valence-electron chi connectivity index (χ2n) is 7.66. The Hall–Kier alpha value is -4.00. The van der Waals surface area contributed by atoms with Crippen LogP contribution >= 0.6 is 0 Å². The number of imidazole rings is 1. The molecule has 0 unspecified atom stereocenters. The molecule has 4 aromatic rings. The van der Waals surface area contributed by atoms with E-state index in [0.717, 1.165) is 46.7 Å². The van der Waals surface area contributed by atoms with Gasteiger partial charge in [-0.15, -0.1) is 0 Å². The molecule has 3 heterocycles. The monoisotopic (exact) mass is 409 g/mol. The Morgan fingerprint density at radius 1 is 1.13 bits per heavy atom. The molecular weight excluding hydrogens is 386 g/mol. The minimum absolute atomic E-state index is 0.299. The quantitative estimate of drug-likeness (QED) is 0.311. The summed E-state index contributed by atoms with van der Waals surface area (Å²) in [6.07, 6.45) is 9.06. The van der Waals surface area contributed by atoms with Gasteiger partial charge in [0.05, 0.1) is 30.5 Å². The third-order valence-corrected chi connectivity index (χ3v) is 5.48. The SMILES string of the molecule is N=CN(C(=N)c1cccc(NCc2cc(-c3cnc4ccccn34)ccn2)c1)C1CC1. The number of pyridine rings is 2. The molecule has 0 saturated heterocycles. The predicted octanol–water partition coefficient (Wildman–Crippen LogP) is 4.41. The van der Waals surface area contributed by atoms with Gasteiger partial charge in [-0.1, -0.05) is 18.2 Å². The van der Waals surface area contributed by atoms with E-state index in [1.165, 1.54) is 6.34 Å². The molecule has 7 nitrogen and oxygen atoms in total. The Morgan fingerprint density at radius 3 is 2.87 bits per heavy atom. The van der Waals surface area contributed by atoms with Crippen molar-refractivity contribution in [3.8, 4) is 11.3 Å². The number of hydrogen-bond donors (Lipinski definition) is 3. The van der Waals surface area contributed by atoms with E-state index in [1.807, 2.05) is 67.1 Å². The van der Waals surface area contributed by atoms with Crippen LogP contribution < -0.4 is 5.32 Å². The van der Waals surface area contributed by atoms with Crippen molar-refractivity contribution in [2.45, 2.75) is 25.4 Å². The first-order valence-corrected chi connectivity index (χ1v) is 10.3. The lowest BCUT2D eigenvalue weighted by Crippen LogP contribution is -2.31. The highest BCUT2D eigenvalue weighted by atomic mass is 15.2. The van der Waals surface area contributed by atoms with Crippen LogP contribution in [-0.2, 0) is 6.54 Å². The molecule has 1 aliphatic rings. The summed E-state index contributed by atoms with van der Waals surface area (Å²) in [7, 11) is 0. The van der Waals surface area contributed by atoms with Crippen molar-refractivity contribution in [2.24, 2.45) is 0 Å². The first-order valence-electron chi connectivity index (χ1n) is 10.3. The summed E-state index contributed by atoms with van der Waals surface area (Å²) in [5.74, 6) is 0.369. The van der Waals surface area contributed by atoms with Gasteiger partial charge in [0.25, 0.3) is 0 Å². The largest absolute Gasteiger partial charge is 0.379 e. The topological polar surface area (TPSA) is 93.2 Å². The summed E-state index contributed by atoms with van der Waals surface area (Å²) in [6.45, 7) is 0.568. The number of rotatable bonds is 7. The van der Waals surface area contributed by atoms with Crippen molar-refractivity contribution in [3.05, 3.63) is 84.4 Å². The van der Waals surface area contributed by atoms with Crippen LogP contribution in [0.3, 0.4) is 0 Å². The number of aromatic nitrogens is 3. The fraction of sp³-hybridized carbons (Fsp3) is 0.167. The van der Waals surface area contributed by atoms with Crippen molar-refractivity contribution in [1.82, 2.24) is 19.3 Å². The van der Waals surface area contributed by atoms with Crippen LogP contribution in [0, 0.1) is 10.8 Å². The number of nitrogens with zero attached hydrogens (tertiary/aromatic N) is 4. The first kappa shape index (κ1) is 19.0. The molecule has 154 valence electrons. The maximum absolute atomic E-state index is 8.45. The van der Waals surface area contributed by atoms with Gasteiger partial charge >= 0.3 is 0 Å². The predicted molar refractivity (Wildman–Crippen MR) is 123 cm³/mol. The van der Waals surface area contributed by atoms with E-state index in [4.69, 9.17) is 10.8 Å². The second-order valence-corrected chi connectivity index (χ2v) is 7.66. The minimum Gasteiger partial charge on any atom is -0.379 e. The molecule has 0 atom stereocenters. The molecule has 5 rings (SSSR count). The maximum atomic E-state index is 8.45. The number of anilines is 1. The highest BCUT2D eigenvalue weighted by Crippen LogP contribution is 2.27. The normalized spacial score (nSPS) is 13.2. The standard InChI is InChI=1S/C24H23N7/c25-16-31(21-7-8-21)24(26)18-4-3-5-19(13-18)28-14-20-12-17(9-10-27-20)22-15-29-23-6-1-2-11-30(22)23/h1-6,9-13,15-16,21,25-26,28H,7-8,14H2. The molecule has 0 aliphatic heterocycles. The van der Waals surface area contributed by atoms with Gasteiger partial charge in [0.2, 0.25) is 0 Å². The van der Waals surface area contributed by atoms with Crippen LogP contribution in [0.15, 0.2) is 73.2 Å². The molecule has 1 aliphatic carbocycles. The fourth-order valence-corrected chi connectivity index (χ4v) is 3.70. The summed E-state index contributed by atoms with van der Waals surface area (Å²) in [6, 6.07) is 18.1. The second kappa shape index (κ2) is 8.02. The van der Waals surface area contributed by atoms with Crippen LogP contribution in [0.4, 0.5) is 5.69 Å². The van der Waals surface area contributed by atoms with E-state index >= 15 is 0 Å². The fourth-order valence-electron chi connectivity index (χ4n) is 3.70. The number of amidine groups is 1. The molecule has 31 heavy (non-hydrogen) atoms. The lowest BCUT2D eigenvalue weighted by molar-refractivity contribution is 0.608. The van der Waals surface area contributed by atoms with E-state index in [9.17, 15) is 0 Å². The van der Waals surface area contributed by atoms with Crippen molar-refractivity contribution in [2.75, 3.05) is 5.32 Å². The van der Waals surface area contributed by atoms with E-state index in [2.05, 4.69) is 25.8 Å². The molecule has 7 heteroatoms. The van der Waals surface area contributed by atoms with Crippen molar-refractivity contribution in [1.29, 1.82) is 10.8 Å². The third kappa shape index (κ3) is 3.90. The third-order valence-electron chi connectivity index (χ3n) is 5.48. The molecule has 1 saturated carbocycles. The average Bonchev–Trinajstić information content (AvgIpc) is 3.56. The van der Waals surface area contributed by atoms with Crippen LogP contribution in [0.5, 0.6) is 0 Å². The molecule has 3 aromatic heterocycles. The Kier molecular flexibility index (Phi) is 4.92. The Balaban J connectivity index is 1.32. The lowest BCUT2D eigenvalue weighted by Gasteiger charge is -2.19. The van der Waals surface area contributed by atoms with E-state index in [-0.39, 0.29) is 0 Å². The van der Waals surface area contributed by atoms with Crippen LogP contribution in [0.2, 0.25) is 0 Å². The Morgan fingerprint density at radius 2 is 2.03 bits per heavy atom. The lowest BCUT2D eigenvalue weighted by atomic mass is 10.1. The van der Waals surface area contributed by atoms with Crippen LogP contribution in [-0.4, -0.2) is 37.5 Å². The highest BCUT2D eigenvalue weighted by molar-refractivity contribution is 6.03. The van der Waals surface area contributed by atoms with Gasteiger partial charge in [0.15, 0.2) is 0 Å². The zero-order chi connectivity index (χ0) is 21.2. The molecule has 0 spiro atoms. The van der Waals surface area contributed by atoms with Gasteiger partial charge in [-0.05, 0) is 49.2 Å². The van der Waals surface area contributed by atoms with E-state index in [0.29, 0.717) is 18.4 Å². The van der Waals surface area contributed by atoms with Gasteiger partial charge < -0.3 is 10.2 Å². The zero-order valence-corrected chi connectivity index (χ0v) is 17.0. The minimum atomic E-state index is 0.299. The number of benzene rings is 1. The molecule has 3 N–H and O–H groups in total. The Bertz CT molecular complexity index is 1260. The van der Waals surface area contributed by atoms with E-state index < -0.39 is 0 Å². The number of fused-ring (bicyclic) bond motifs is 1. The van der Waals surface area contributed by atoms with Crippen molar-refractivity contribution >= 4 is 23.5 Å². The van der Waals surface area contributed by atoms with E-state index in [1.54, 1.807) is 4.90 Å². The maximum Gasteiger partial charge on any atom is 0.137 e. The summed E-state index contributed by atoms with van der Waals surface area (Å²) < 4.78 is 2.07. The van der Waals surface area contributed by atoms with Gasteiger partial charge in [0, 0.05) is 35.2 Å². The molecular formula is C24H23N7. The van der Waals surface area contributed by atoms with Gasteiger partial charge in [-0.3, -0.25) is 20.2 Å². The van der Waals surface area contributed by atoms with Crippen LogP contribution in [0.25, 0.3) is 16.9 Å². The van der Waals surface area contributed by atoms with Gasteiger partial charge in [0.1, 0.15) is 11.5 Å². The summed E-state index contributed by atoms with van der Waals surface area (Å²) in [5, 5.41) is 19.5. The first-order chi connectivity index (χ1) is 15.2. The Labute approximate surface area is 180 Å². The summed E-state index contributed by atoms with van der Waals surface area (Å²) >= 11 is 0. The molecule has 1 aromatic carbocycles. The highest BCUT2D eigenvalue weighted by Gasteiger charge is 2.30. The average molecular weight is 409 g/mol. The summed E-state index contributed by atoms with van der Waals surface area (Å²) in [5.41, 5.74) is 5.65. The molecule has 0 bridgehead atoms. The van der Waals surface area contributed by atoms with Gasteiger partial charge in [-0.25, -0.2) is 4.98 Å². The van der Waals surface area contributed by atoms with Crippen molar-refractivity contribution < 1.29 is 0 Å². The molecule has 1 fully saturated rings. The smallest absolute Gasteiger partial charge is 0.137 e. The zero-order valence-electron chi connectivity index (χ0n) is 17.0. The van der Waals surface area contributed by atoms with Gasteiger partial charge in [-0.2, -0.15) is 0 Å². The summed E-state index contributed by atoms with van der Waals surface area (Å²) in [4.78, 5) is 10.7. The van der Waals surface area contributed by atoms with Crippen molar-refractivity contribution in [3.63, 3.8) is 0 Å². The number of nitrogens with one attached hydrogen (secondary N) is 3. The molecule has 0 radical (unpaired) electrons. The number of hydrogen-bond acceptors (Lipinski definition) is 5.